The van der Waals surface area contributed by atoms with Gasteiger partial charge in [0, 0.05) is 6.54 Å². The van der Waals surface area contributed by atoms with Gasteiger partial charge in [-0.2, -0.15) is 0 Å². The number of hydrogen-bond donors (Lipinski definition) is 1. The molecule has 1 unspecified atom stereocenters. The van der Waals surface area contributed by atoms with Gasteiger partial charge in [0.2, 0.25) is 0 Å². The molecule has 0 radical (unpaired) electrons. The lowest BCUT2D eigenvalue weighted by atomic mass is 9.94. The van der Waals surface area contributed by atoms with Gasteiger partial charge >= 0.3 is 11.9 Å². The number of para-hydroxylation sites is 1. The van der Waals surface area contributed by atoms with Crippen LogP contribution in [0.1, 0.15) is 50.7 Å². The third kappa shape index (κ3) is 5.28. The molecule has 1 heterocycles. The largest absolute Gasteiger partial charge is 0.452 e. The second-order valence-electron chi connectivity index (χ2n) is 6.74. The summed E-state index contributed by atoms with van der Waals surface area (Å²) in [5.74, 6) is -0.0779. The molecule has 0 aromatic heterocycles. The first-order valence-electron chi connectivity index (χ1n) is 8.71. The number of morpholine rings is 1. The Kier molecular flexibility index (Phi) is 6.96. The summed E-state index contributed by atoms with van der Waals surface area (Å²) in [4.78, 5) is 24.1. The van der Waals surface area contributed by atoms with E-state index in [4.69, 9.17) is 14.2 Å². The van der Waals surface area contributed by atoms with Gasteiger partial charge in [-0.1, -0.05) is 45.9 Å². The van der Waals surface area contributed by atoms with Gasteiger partial charge in [-0.3, -0.25) is 4.79 Å². The van der Waals surface area contributed by atoms with E-state index in [0.717, 1.165) is 11.1 Å². The number of nitrogens with one attached hydrogen (secondary N) is 1. The Bertz CT molecular complexity index is 580. The highest BCUT2D eigenvalue weighted by atomic mass is 16.6. The molecule has 1 aromatic carbocycles. The molecule has 6 heteroatoms. The van der Waals surface area contributed by atoms with Crippen molar-refractivity contribution < 1.29 is 23.8 Å². The molecule has 0 bridgehead atoms. The van der Waals surface area contributed by atoms with Crippen molar-refractivity contribution in [3.63, 3.8) is 0 Å². The van der Waals surface area contributed by atoms with Gasteiger partial charge in [0.1, 0.15) is 11.8 Å². The zero-order chi connectivity index (χ0) is 18.4. The third-order valence-electron chi connectivity index (χ3n) is 4.07. The van der Waals surface area contributed by atoms with E-state index in [9.17, 15) is 9.59 Å². The SMILES string of the molecule is CC(C)c1cccc(C(C)C)c1OC(=O)COC(=O)C1COCCN1. The van der Waals surface area contributed by atoms with E-state index in [2.05, 4.69) is 5.32 Å². The number of carbonyl (C=O) groups is 2. The quantitative estimate of drug-likeness (QED) is 0.628. The number of benzene rings is 1. The molecular formula is C19H27NO5. The fourth-order valence-corrected chi connectivity index (χ4v) is 2.69. The molecule has 1 saturated heterocycles. The van der Waals surface area contributed by atoms with Crippen molar-refractivity contribution in [2.45, 2.75) is 45.6 Å². The van der Waals surface area contributed by atoms with Crippen LogP contribution in [-0.2, 0) is 19.1 Å². The zero-order valence-electron chi connectivity index (χ0n) is 15.3. The summed E-state index contributed by atoms with van der Waals surface area (Å²) in [6.07, 6.45) is 0. The van der Waals surface area contributed by atoms with Crippen molar-refractivity contribution in [1.29, 1.82) is 0 Å². The molecule has 1 aromatic rings. The average Bonchev–Trinajstić information content (AvgIpc) is 2.60. The molecule has 1 aliphatic heterocycles. The smallest absolute Gasteiger partial charge is 0.349 e. The summed E-state index contributed by atoms with van der Waals surface area (Å²) < 4.78 is 15.8. The molecule has 1 fully saturated rings. The Morgan fingerprint density at radius 2 is 1.84 bits per heavy atom. The Balaban J connectivity index is 2.01. The van der Waals surface area contributed by atoms with Crippen LogP contribution in [0.2, 0.25) is 0 Å². The molecule has 6 nitrogen and oxygen atoms in total. The number of carbonyl (C=O) groups excluding carboxylic acids is 2. The topological polar surface area (TPSA) is 73.9 Å². The summed E-state index contributed by atoms with van der Waals surface area (Å²) in [5.41, 5.74) is 1.93. The van der Waals surface area contributed by atoms with E-state index in [1.165, 1.54) is 0 Å². The van der Waals surface area contributed by atoms with E-state index in [-0.39, 0.29) is 18.4 Å². The van der Waals surface area contributed by atoms with Crippen molar-refractivity contribution in [3.05, 3.63) is 29.3 Å². The first kappa shape index (κ1) is 19.4. The maximum absolute atomic E-state index is 12.2. The Morgan fingerprint density at radius 3 is 2.36 bits per heavy atom. The van der Waals surface area contributed by atoms with Crippen LogP contribution in [0.15, 0.2) is 18.2 Å². The van der Waals surface area contributed by atoms with Crippen molar-refractivity contribution in [3.8, 4) is 5.75 Å². The van der Waals surface area contributed by atoms with Gasteiger partial charge < -0.3 is 19.5 Å². The molecular weight excluding hydrogens is 322 g/mol. The lowest BCUT2D eigenvalue weighted by molar-refractivity contribution is -0.157. The van der Waals surface area contributed by atoms with Crippen LogP contribution < -0.4 is 10.1 Å². The lowest BCUT2D eigenvalue weighted by Crippen LogP contribution is -2.47. The third-order valence-corrected chi connectivity index (χ3v) is 4.07. The van der Waals surface area contributed by atoms with Crippen molar-refractivity contribution in [1.82, 2.24) is 5.32 Å². The van der Waals surface area contributed by atoms with Crippen molar-refractivity contribution in [2.24, 2.45) is 0 Å². The molecule has 0 amide bonds. The summed E-state index contributed by atoms with van der Waals surface area (Å²) in [6, 6.07) is 5.34. The van der Waals surface area contributed by atoms with E-state index >= 15 is 0 Å². The fourth-order valence-electron chi connectivity index (χ4n) is 2.69. The fraction of sp³-hybridized carbons (Fsp3) is 0.579. The Morgan fingerprint density at radius 1 is 1.20 bits per heavy atom. The maximum Gasteiger partial charge on any atom is 0.349 e. The second kappa shape index (κ2) is 8.97. The minimum Gasteiger partial charge on any atom is -0.452 e. The maximum atomic E-state index is 12.2. The molecule has 2 rings (SSSR count). The minimum absolute atomic E-state index is 0.215. The van der Waals surface area contributed by atoms with Gasteiger partial charge in [-0.15, -0.1) is 0 Å². The summed E-state index contributed by atoms with van der Waals surface area (Å²) in [6.45, 7) is 9.18. The predicted molar refractivity (Wildman–Crippen MR) is 93.8 cm³/mol. The minimum atomic E-state index is -0.583. The van der Waals surface area contributed by atoms with E-state index in [0.29, 0.717) is 18.9 Å². The van der Waals surface area contributed by atoms with Crippen molar-refractivity contribution in [2.75, 3.05) is 26.4 Å². The molecule has 25 heavy (non-hydrogen) atoms. The molecule has 0 spiro atoms. The standard InChI is InChI=1S/C19H27NO5/c1-12(2)14-6-5-7-15(13(3)4)18(14)25-17(21)11-24-19(22)16-10-23-9-8-20-16/h5-7,12-13,16,20H,8-11H2,1-4H3. The molecule has 0 saturated carbocycles. The Hall–Kier alpha value is -1.92. The summed E-state index contributed by atoms with van der Waals surface area (Å²) in [7, 11) is 0. The molecule has 1 aliphatic rings. The first-order valence-corrected chi connectivity index (χ1v) is 8.71. The zero-order valence-corrected chi connectivity index (χ0v) is 15.3. The first-order chi connectivity index (χ1) is 11.9. The van der Waals surface area contributed by atoms with E-state index in [1.807, 2.05) is 45.9 Å². The number of hydrogen-bond acceptors (Lipinski definition) is 6. The number of rotatable bonds is 6. The molecule has 0 aliphatic carbocycles. The summed E-state index contributed by atoms with van der Waals surface area (Å²) >= 11 is 0. The normalized spacial score (nSPS) is 17.6. The lowest BCUT2D eigenvalue weighted by Gasteiger charge is -2.22. The van der Waals surface area contributed by atoms with Gasteiger partial charge in [-0.25, -0.2) is 4.79 Å². The molecule has 138 valence electrons. The Labute approximate surface area is 148 Å². The van der Waals surface area contributed by atoms with Crippen LogP contribution in [0.3, 0.4) is 0 Å². The van der Waals surface area contributed by atoms with Crippen LogP contribution in [0.25, 0.3) is 0 Å². The number of esters is 2. The highest BCUT2D eigenvalue weighted by molar-refractivity contribution is 5.81. The highest BCUT2D eigenvalue weighted by Gasteiger charge is 2.24. The highest BCUT2D eigenvalue weighted by Crippen LogP contribution is 2.34. The van der Waals surface area contributed by atoms with Crippen LogP contribution in [0, 0.1) is 0 Å². The van der Waals surface area contributed by atoms with Gasteiger partial charge in [-0.05, 0) is 23.0 Å². The van der Waals surface area contributed by atoms with E-state index in [1.54, 1.807) is 0 Å². The van der Waals surface area contributed by atoms with Crippen molar-refractivity contribution >= 4 is 11.9 Å². The van der Waals surface area contributed by atoms with Crippen LogP contribution in [-0.4, -0.2) is 44.3 Å². The molecule has 1 atom stereocenters. The van der Waals surface area contributed by atoms with Crippen LogP contribution >= 0.6 is 0 Å². The number of ether oxygens (including phenoxy) is 3. The predicted octanol–water partition coefficient (Wildman–Crippen LogP) is 2.37. The monoisotopic (exact) mass is 349 g/mol. The van der Waals surface area contributed by atoms with Gasteiger partial charge in [0.05, 0.1) is 13.2 Å². The second-order valence-corrected chi connectivity index (χ2v) is 6.74. The van der Waals surface area contributed by atoms with Gasteiger partial charge in [0.25, 0.3) is 0 Å². The molecule has 1 N–H and O–H groups in total. The average molecular weight is 349 g/mol. The van der Waals surface area contributed by atoms with Gasteiger partial charge in [0.15, 0.2) is 6.61 Å². The van der Waals surface area contributed by atoms with Crippen LogP contribution in [0.4, 0.5) is 0 Å². The van der Waals surface area contributed by atoms with E-state index < -0.39 is 24.6 Å². The summed E-state index contributed by atoms with van der Waals surface area (Å²) in [5, 5.41) is 2.99. The van der Waals surface area contributed by atoms with Crippen LogP contribution in [0.5, 0.6) is 5.75 Å².